The lowest BCUT2D eigenvalue weighted by Crippen LogP contribution is -2.30. The van der Waals surface area contributed by atoms with Gasteiger partial charge in [-0.3, -0.25) is 0 Å². The lowest BCUT2D eigenvalue weighted by Gasteiger charge is -2.24. The quantitative estimate of drug-likeness (QED) is 0.693. The molecule has 2 heteroatoms. The monoisotopic (exact) mass is 275 g/mol. The summed E-state index contributed by atoms with van der Waals surface area (Å²) in [7, 11) is 4.14. The largest absolute Gasteiger partial charge is 0.389 e. The van der Waals surface area contributed by atoms with E-state index in [9.17, 15) is 5.11 Å². The van der Waals surface area contributed by atoms with Crippen molar-refractivity contribution in [3.63, 3.8) is 0 Å². The van der Waals surface area contributed by atoms with Gasteiger partial charge >= 0.3 is 0 Å². The van der Waals surface area contributed by atoms with Gasteiger partial charge in [-0.25, -0.2) is 0 Å². The fourth-order valence-corrected chi connectivity index (χ4v) is 2.43. The highest BCUT2D eigenvalue weighted by Gasteiger charge is 2.17. The number of aliphatic hydroxyl groups is 1. The van der Waals surface area contributed by atoms with Gasteiger partial charge in [0.25, 0.3) is 0 Å². The number of nitrogens with zero attached hydrogens (tertiary/aromatic N) is 1. The Labute approximate surface area is 124 Å². The van der Waals surface area contributed by atoms with Gasteiger partial charge in [0.05, 0.1) is 6.10 Å². The highest BCUT2D eigenvalue weighted by Crippen LogP contribution is 2.17. The van der Waals surface area contributed by atoms with Crippen molar-refractivity contribution in [2.75, 3.05) is 20.6 Å². The Morgan fingerprint density at radius 2 is 1.85 bits per heavy atom. The van der Waals surface area contributed by atoms with Crippen molar-refractivity contribution in [3.8, 4) is 0 Å². The van der Waals surface area contributed by atoms with Crippen molar-refractivity contribution in [2.45, 2.75) is 38.7 Å². The number of aliphatic hydroxyl groups excluding tert-OH is 1. The molecule has 0 saturated heterocycles. The third-order valence-corrected chi connectivity index (χ3v) is 3.55. The molecular formula is C18H29NO. The summed E-state index contributed by atoms with van der Waals surface area (Å²) in [6.45, 7) is 3.15. The van der Waals surface area contributed by atoms with E-state index in [0.29, 0.717) is 5.92 Å². The zero-order valence-electron chi connectivity index (χ0n) is 13.1. The maximum atomic E-state index is 10.4. The van der Waals surface area contributed by atoms with Gasteiger partial charge in [-0.2, -0.15) is 0 Å². The van der Waals surface area contributed by atoms with Crippen molar-refractivity contribution < 1.29 is 5.11 Å². The van der Waals surface area contributed by atoms with E-state index in [-0.39, 0.29) is 6.10 Å². The van der Waals surface area contributed by atoms with Crippen LogP contribution in [0.2, 0.25) is 0 Å². The van der Waals surface area contributed by atoms with Crippen LogP contribution in [-0.2, 0) is 0 Å². The van der Waals surface area contributed by atoms with Crippen LogP contribution in [-0.4, -0.2) is 36.8 Å². The third-order valence-electron chi connectivity index (χ3n) is 3.55. The number of hydrogen-bond donors (Lipinski definition) is 1. The molecule has 0 saturated carbocycles. The lowest BCUT2D eigenvalue weighted by molar-refractivity contribution is 0.122. The first-order valence-electron chi connectivity index (χ1n) is 7.69. The van der Waals surface area contributed by atoms with E-state index in [1.165, 1.54) is 19.3 Å². The summed E-state index contributed by atoms with van der Waals surface area (Å²) >= 11 is 0. The summed E-state index contributed by atoms with van der Waals surface area (Å²) in [5, 5.41) is 10.4. The second kappa shape index (κ2) is 9.73. The molecular weight excluding hydrogens is 246 g/mol. The van der Waals surface area contributed by atoms with Crippen LogP contribution < -0.4 is 0 Å². The first-order chi connectivity index (χ1) is 9.63. The highest BCUT2D eigenvalue weighted by atomic mass is 16.3. The van der Waals surface area contributed by atoms with Gasteiger partial charge in [0, 0.05) is 12.5 Å². The van der Waals surface area contributed by atoms with Gasteiger partial charge in [0.15, 0.2) is 0 Å². The fraction of sp³-hybridized carbons (Fsp3) is 0.556. The van der Waals surface area contributed by atoms with E-state index < -0.39 is 0 Å². The zero-order valence-corrected chi connectivity index (χ0v) is 13.1. The maximum absolute atomic E-state index is 10.4. The predicted octanol–water partition coefficient (Wildman–Crippen LogP) is 3.82. The Bertz CT molecular complexity index is 372. The molecule has 112 valence electrons. The molecule has 1 aromatic carbocycles. The Morgan fingerprint density at radius 3 is 2.45 bits per heavy atom. The van der Waals surface area contributed by atoms with Crippen LogP contribution in [0.3, 0.4) is 0 Å². The summed E-state index contributed by atoms with van der Waals surface area (Å²) < 4.78 is 0. The molecule has 0 fully saturated rings. The summed E-state index contributed by atoms with van der Waals surface area (Å²) in [5.74, 6) is 0.316. The Kier molecular flexibility index (Phi) is 8.24. The Morgan fingerprint density at radius 1 is 1.15 bits per heavy atom. The number of benzene rings is 1. The van der Waals surface area contributed by atoms with Crippen molar-refractivity contribution in [1.29, 1.82) is 0 Å². The Hall–Kier alpha value is -1.12. The van der Waals surface area contributed by atoms with Gasteiger partial charge in [0.2, 0.25) is 0 Å². The molecule has 0 heterocycles. The molecule has 1 N–H and O–H groups in total. The highest BCUT2D eigenvalue weighted by molar-refractivity contribution is 5.49. The molecule has 0 amide bonds. The van der Waals surface area contributed by atoms with Crippen molar-refractivity contribution in [3.05, 3.63) is 42.0 Å². The van der Waals surface area contributed by atoms with Crippen LogP contribution in [0.5, 0.6) is 0 Å². The molecule has 0 aliphatic heterocycles. The third kappa shape index (κ3) is 6.88. The van der Waals surface area contributed by atoms with E-state index in [1.807, 2.05) is 30.4 Å². The van der Waals surface area contributed by atoms with Crippen LogP contribution in [0, 0.1) is 5.92 Å². The number of unbranched alkanes of at least 4 members (excludes halogenated alkanes) is 2. The molecule has 0 aromatic heterocycles. The van der Waals surface area contributed by atoms with Gasteiger partial charge < -0.3 is 10.0 Å². The molecule has 0 unspecified atom stereocenters. The molecule has 0 aliphatic carbocycles. The van der Waals surface area contributed by atoms with Gasteiger partial charge in [-0.15, -0.1) is 0 Å². The first-order valence-corrected chi connectivity index (χ1v) is 7.69. The second-order valence-corrected chi connectivity index (χ2v) is 5.78. The van der Waals surface area contributed by atoms with Crippen LogP contribution in [0.25, 0.3) is 6.08 Å². The van der Waals surface area contributed by atoms with E-state index in [0.717, 1.165) is 18.5 Å². The zero-order chi connectivity index (χ0) is 14.8. The minimum atomic E-state index is -0.366. The summed E-state index contributed by atoms with van der Waals surface area (Å²) in [6, 6.07) is 10.2. The molecule has 0 aliphatic rings. The average Bonchev–Trinajstić information content (AvgIpc) is 2.44. The Balaban J connectivity index is 2.57. The SMILES string of the molecule is CCCCC[C@H](CN(C)C)[C@H](O)/C=C/c1ccccc1. The van der Waals surface area contributed by atoms with E-state index >= 15 is 0 Å². The predicted molar refractivity (Wildman–Crippen MR) is 87.7 cm³/mol. The van der Waals surface area contributed by atoms with Crippen LogP contribution >= 0.6 is 0 Å². The topological polar surface area (TPSA) is 23.5 Å². The smallest absolute Gasteiger partial charge is 0.0764 e. The summed E-state index contributed by atoms with van der Waals surface area (Å²) in [5.41, 5.74) is 1.14. The van der Waals surface area contributed by atoms with Crippen molar-refractivity contribution in [2.24, 2.45) is 5.92 Å². The minimum absolute atomic E-state index is 0.316. The van der Waals surface area contributed by atoms with E-state index in [1.54, 1.807) is 0 Å². The first kappa shape index (κ1) is 16.9. The van der Waals surface area contributed by atoms with Crippen LogP contribution in [0.15, 0.2) is 36.4 Å². The molecule has 0 radical (unpaired) electrons. The molecule has 20 heavy (non-hydrogen) atoms. The van der Waals surface area contributed by atoms with Crippen LogP contribution in [0.1, 0.15) is 38.2 Å². The van der Waals surface area contributed by atoms with Gasteiger partial charge in [0.1, 0.15) is 0 Å². The standard InChI is InChI=1S/C18H29NO/c1-4-5-7-12-17(15-19(2)3)18(20)14-13-16-10-8-6-9-11-16/h6,8-11,13-14,17-18,20H,4-5,7,12,15H2,1-3H3/b14-13+/t17-,18-/m1/s1. The summed E-state index contributed by atoms with van der Waals surface area (Å²) in [6.07, 6.45) is 8.36. The number of rotatable bonds is 9. The van der Waals surface area contributed by atoms with Crippen molar-refractivity contribution >= 4 is 6.08 Å². The van der Waals surface area contributed by atoms with E-state index in [2.05, 4.69) is 38.1 Å². The molecule has 2 nitrogen and oxygen atoms in total. The number of hydrogen-bond acceptors (Lipinski definition) is 2. The maximum Gasteiger partial charge on any atom is 0.0764 e. The second-order valence-electron chi connectivity index (χ2n) is 5.78. The van der Waals surface area contributed by atoms with Gasteiger partial charge in [-0.05, 0) is 26.1 Å². The molecule has 2 atom stereocenters. The molecule has 1 rings (SSSR count). The average molecular weight is 275 g/mol. The molecule has 0 spiro atoms. The fourth-order valence-electron chi connectivity index (χ4n) is 2.43. The lowest BCUT2D eigenvalue weighted by atomic mass is 9.94. The van der Waals surface area contributed by atoms with Gasteiger partial charge in [-0.1, -0.05) is 68.7 Å². The van der Waals surface area contributed by atoms with Crippen LogP contribution in [0.4, 0.5) is 0 Å². The molecule has 1 aromatic rings. The normalized spacial score (nSPS) is 14.8. The summed E-state index contributed by atoms with van der Waals surface area (Å²) in [4.78, 5) is 2.16. The molecule has 0 bridgehead atoms. The van der Waals surface area contributed by atoms with E-state index in [4.69, 9.17) is 0 Å². The van der Waals surface area contributed by atoms with Crippen molar-refractivity contribution in [1.82, 2.24) is 4.90 Å². The minimum Gasteiger partial charge on any atom is -0.389 e.